The lowest BCUT2D eigenvalue weighted by atomic mass is 10.1. The van der Waals surface area contributed by atoms with Gasteiger partial charge in [-0.3, -0.25) is 24.1 Å². The molecule has 1 aromatic carbocycles. The van der Waals surface area contributed by atoms with Gasteiger partial charge in [-0.05, 0) is 25.5 Å². The number of carbonyl (C=O) groups excluding carboxylic acids is 3. The molecule has 7 nitrogen and oxygen atoms in total. The molecule has 2 heterocycles. The van der Waals surface area contributed by atoms with Crippen LogP contribution in [-0.2, 0) is 9.59 Å². The summed E-state index contributed by atoms with van der Waals surface area (Å²) in [4.78, 5) is 50.1. The van der Waals surface area contributed by atoms with Crippen molar-refractivity contribution in [2.24, 2.45) is 5.92 Å². The Morgan fingerprint density at radius 2 is 1.91 bits per heavy atom. The number of rotatable bonds is 3. The summed E-state index contributed by atoms with van der Waals surface area (Å²) in [5, 5.41) is 8.97. The van der Waals surface area contributed by atoms with Crippen LogP contribution >= 0.6 is 0 Å². The molecule has 0 aliphatic carbocycles. The van der Waals surface area contributed by atoms with Gasteiger partial charge < -0.3 is 10.0 Å². The zero-order valence-electron chi connectivity index (χ0n) is 12.6. The van der Waals surface area contributed by atoms with Gasteiger partial charge in [-0.15, -0.1) is 0 Å². The Morgan fingerprint density at radius 1 is 1.22 bits per heavy atom. The molecule has 120 valence electrons. The molecule has 1 unspecified atom stereocenters. The Kier molecular flexibility index (Phi) is 3.63. The summed E-state index contributed by atoms with van der Waals surface area (Å²) in [7, 11) is 0. The summed E-state index contributed by atoms with van der Waals surface area (Å²) in [5.74, 6) is -2.87. The van der Waals surface area contributed by atoms with Gasteiger partial charge in [0.2, 0.25) is 5.91 Å². The van der Waals surface area contributed by atoms with E-state index >= 15 is 0 Å². The number of aryl methyl sites for hydroxylation is 1. The second-order valence-electron chi connectivity index (χ2n) is 5.91. The maximum Gasteiger partial charge on any atom is 0.308 e. The molecule has 7 heteroatoms. The molecular formula is C16H16N2O5. The SMILES string of the molecule is Cc1ccc2c(c1)C(=O)N(CC(=O)N1CCC(C(=O)O)C1)C2=O. The van der Waals surface area contributed by atoms with Crippen molar-refractivity contribution in [2.45, 2.75) is 13.3 Å². The van der Waals surface area contributed by atoms with E-state index in [1.807, 2.05) is 6.92 Å². The van der Waals surface area contributed by atoms with Gasteiger partial charge in [0, 0.05) is 13.1 Å². The largest absolute Gasteiger partial charge is 0.481 e. The second kappa shape index (κ2) is 5.49. The molecule has 0 aromatic heterocycles. The average Bonchev–Trinajstić information content (AvgIpc) is 3.08. The van der Waals surface area contributed by atoms with Crippen LogP contribution in [0.1, 0.15) is 32.7 Å². The van der Waals surface area contributed by atoms with Crippen LogP contribution in [0.3, 0.4) is 0 Å². The standard InChI is InChI=1S/C16H16N2O5/c1-9-2-3-11-12(6-9)15(21)18(14(11)20)8-13(19)17-5-4-10(7-17)16(22)23/h2-3,6,10H,4-5,7-8H2,1H3,(H,22,23). The third-order valence-corrected chi connectivity index (χ3v) is 4.31. The number of carbonyl (C=O) groups is 4. The molecular weight excluding hydrogens is 300 g/mol. The second-order valence-corrected chi connectivity index (χ2v) is 5.91. The van der Waals surface area contributed by atoms with E-state index in [-0.39, 0.29) is 13.1 Å². The van der Waals surface area contributed by atoms with E-state index in [0.29, 0.717) is 24.1 Å². The van der Waals surface area contributed by atoms with E-state index in [1.54, 1.807) is 18.2 Å². The first-order chi connectivity index (χ1) is 10.9. The third-order valence-electron chi connectivity index (χ3n) is 4.31. The predicted molar refractivity (Wildman–Crippen MR) is 78.9 cm³/mol. The summed E-state index contributed by atoms with van der Waals surface area (Å²) >= 11 is 0. The number of amides is 3. The molecule has 0 radical (unpaired) electrons. The van der Waals surface area contributed by atoms with Gasteiger partial charge in [0.15, 0.2) is 0 Å². The summed E-state index contributed by atoms with van der Waals surface area (Å²) < 4.78 is 0. The Morgan fingerprint density at radius 3 is 2.57 bits per heavy atom. The first kappa shape index (κ1) is 15.2. The van der Waals surface area contributed by atoms with Crippen LogP contribution in [0, 0.1) is 12.8 Å². The Hall–Kier alpha value is -2.70. The number of carboxylic acids is 1. The molecule has 23 heavy (non-hydrogen) atoms. The Labute approximate surface area is 132 Å². The van der Waals surface area contributed by atoms with Crippen molar-refractivity contribution in [2.75, 3.05) is 19.6 Å². The van der Waals surface area contributed by atoms with Crippen molar-refractivity contribution in [1.29, 1.82) is 0 Å². The smallest absolute Gasteiger partial charge is 0.308 e. The van der Waals surface area contributed by atoms with Crippen LogP contribution in [0.5, 0.6) is 0 Å². The molecule has 1 N–H and O–H groups in total. The minimum atomic E-state index is -0.934. The van der Waals surface area contributed by atoms with Crippen LogP contribution in [0.2, 0.25) is 0 Å². The molecule has 0 saturated carbocycles. The molecule has 0 spiro atoms. The van der Waals surface area contributed by atoms with Crippen molar-refractivity contribution in [3.63, 3.8) is 0 Å². The summed E-state index contributed by atoms with van der Waals surface area (Å²) in [6, 6.07) is 4.97. The number of nitrogens with zero attached hydrogens (tertiary/aromatic N) is 2. The first-order valence-electron chi connectivity index (χ1n) is 7.36. The topological polar surface area (TPSA) is 95.0 Å². The highest BCUT2D eigenvalue weighted by molar-refractivity contribution is 6.22. The minimum Gasteiger partial charge on any atom is -0.481 e. The molecule has 3 amide bonds. The van der Waals surface area contributed by atoms with Gasteiger partial charge in [-0.25, -0.2) is 0 Å². The molecule has 1 atom stereocenters. The fourth-order valence-corrected chi connectivity index (χ4v) is 2.97. The molecule has 1 fully saturated rings. The summed E-state index contributed by atoms with van der Waals surface area (Å²) in [6.07, 6.45) is 0.391. The fourth-order valence-electron chi connectivity index (χ4n) is 2.97. The highest BCUT2D eigenvalue weighted by Gasteiger charge is 2.38. The van der Waals surface area contributed by atoms with Crippen LogP contribution in [0.4, 0.5) is 0 Å². The van der Waals surface area contributed by atoms with E-state index in [2.05, 4.69) is 0 Å². The highest BCUT2D eigenvalue weighted by atomic mass is 16.4. The lowest BCUT2D eigenvalue weighted by Crippen LogP contribution is -2.42. The lowest BCUT2D eigenvalue weighted by molar-refractivity contribution is -0.141. The monoisotopic (exact) mass is 316 g/mol. The summed E-state index contributed by atoms with van der Waals surface area (Å²) in [5.41, 5.74) is 1.48. The maximum atomic E-state index is 12.3. The number of aliphatic carboxylic acids is 1. The quantitative estimate of drug-likeness (QED) is 0.821. The van der Waals surface area contributed by atoms with Crippen molar-refractivity contribution < 1.29 is 24.3 Å². The van der Waals surface area contributed by atoms with Crippen LogP contribution < -0.4 is 0 Å². The number of imide groups is 1. The lowest BCUT2D eigenvalue weighted by Gasteiger charge is -2.19. The maximum absolute atomic E-state index is 12.3. The van der Waals surface area contributed by atoms with Gasteiger partial charge in [0.25, 0.3) is 11.8 Å². The van der Waals surface area contributed by atoms with Gasteiger partial charge >= 0.3 is 5.97 Å². The summed E-state index contributed by atoms with van der Waals surface area (Å²) in [6.45, 7) is 1.92. The van der Waals surface area contributed by atoms with E-state index in [1.165, 1.54) is 4.90 Å². The van der Waals surface area contributed by atoms with Crippen molar-refractivity contribution in [3.8, 4) is 0 Å². The molecule has 2 aliphatic rings. The van der Waals surface area contributed by atoms with Crippen LogP contribution in [0.15, 0.2) is 18.2 Å². The number of fused-ring (bicyclic) bond motifs is 1. The van der Waals surface area contributed by atoms with Crippen LogP contribution in [-0.4, -0.2) is 58.2 Å². The van der Waals surface area contributed by atoms with Crippen molar-refractivity contribution in [1.82, 2.24) is 9.80 Å². The predicted octanol–water partition coefficient (Wildman–Crippen LogP) is 0.524. The number of carboxylic acid groups (broad SMARTS) is 1. The van der Waals surface area contributed by atoms with Crippen molar-refractivity contribution >= 4 is 23.7 Å². The molecule has 1 saturated heterocycles. The normalized spacial score (nSPS) is 20.1. The number of benzene rings is 1. The van der Waals surface area contributed by atoms with Gasteiger partial charge in [0.05, 0.1) is 17.0 Å². The number of likely N-dealkylation sites (tertiary alicyclic amines) is 1. The number of hydrogen-bond acceptors (Lipinski definition) is 4. The third kappa shape index (κ3) is 2.58. The average molecular weight is 316 g/mol. The number of hydrogen-bond donors (Lipinski definition) is 1. The van der Waals surface area contributed by atoms with Gasteiger partial charge in [-0.1, -0.05) is 11.6 Å². The molecule has 2 aliphatic heterocycles. The first-order valence-corrected chi connectivity index (χ1v) is 7.36. The molecule has 3 rings (SSSR count). The van der Waals surface area contributed by atoms with Crippen molar-refractivity contribution in [3.05, 3.63) is 34.9 Å². The van der Waals surface area contributed by atoms with Crippen LogP contribution in [0.25, 0.3) is 0 Å². The molecule has 1 aromatic rings. The van der Waals surface area contributed by atoms with E-state index < -0.39 is 29.6 Å². The minimum absolute atomic E-state index is 0.121. The Balaban J connectivity index is 1.72. The van der Waals surface area contributed by atoms with E-state index in [9.17, 15) is 19.2 Å². The fraction of sp³-hybridized carbons (Fsp3) is 0.375. The van der Waals surface area contributed by atoms with E-state index in [4.69, 9.17) is 5.11 Å². The zero-order valence-corrected chi connectivity index (χ0v) is 12.6. The van der Waals surface area contributed by atoms with Gasteiger partial charge in [0.1, 0.15) is 6.54 Å². The highest BCUT2D eigenvalue weighted by Crippen LogP contribution is 2.24. The Bertz CT molecular complexity index is 727. The van der Waals surface area contributed by atoms with Gasteiger partial charge in [-0.2, -0.15) is 0 Å². The molecule has 0 bridgehead atoms. The van der Waals surface area contributed by atoms with E-state index in [0.717, 1.165) is 10.5 Å². The zero-order chi connectivity index (χ0) is 16.7.